The summed E-state index contributed by atoms with van der Waals surface area (Å²) in [5.41, 5.74) is 5.40. The third kappa shape index (κ3) is 3.73. The van der Waals surface area contributed by atoms with Gasteiger partial charge in [0.2, 0.25) is 5.89 Å². The highest BCUT2D eigenvalue weighted by Crippen LogP contribution is 2.23. The Kier molecular flexibility index (Phi) is 4.42. The lowest BCUT2D eigenvalue weighted by molar-refractivity contribution is 0.376. The molecule has 0 atom stereocenters. The molecule has 0 amide bonds. The number of aromatic nitrogens is 2. The van der Waals surface area contributed by atoms with E-state index < -0.39 is 0 Å². The Labute approximate surface area is 109 Å². The number of rotatable bonds is 5. The molecule has 0 saturated carbocycles. The Bertz CT molecular complexity index is 472. The number of benzene rings is 1. The van der Waals surface area contributed by atoms with Gasteiger partial charge in [0.1, 0.15) is 0 Å². The molecule has 1 aromatic carbocycles. The maximum atomic E-state index is 5.81. The number of halogens is 1. The Morgan fingerprint density at radius 2 is 2.06 bits per heavy atom. The molecule has 2 N–H and O–H groups in total. The maximum absolute atomic E-state index is 5.81. The second-order valence-electron chi connectivity index (χ2n) is 3.39. The van der Waals surface area contributed by atoms with Gasteiger partial charge in [0.15, 0.2) is 5.82 Å². The molecule has 0 unspecified atom stereocenters. The molecule has 6 heteroatoms. The van der Waals surface area contributed by atoms with Crippen molar-refractivity contribution in [2.24, 2.45) is 5.73 Å². The van der Waals surface area contributed by atoms with Crippen LogP contribution in [-0.4, -0.2) is 16.7 Å². The van der Waals surface area contributed by atoms with Crippen molar-refractivity contribution in [2.75, 3.05) is 6.54 Å². The minimum Gasteiger partial charge on any atom is -0.339 e. The normalized spacial score (nSPS) is 10.7. The van der Waals surface area contributed by atoms with Crippen LogP contribution >= 0.6 is 23.4 Å². The van der Waals surface area contributed by atoms with Gasteiger partial charge in [-0.2, -0.15) is 4.98 Å². The van der Waals surface area contributed by atoms with Crippen molar-refractivity contribution in [3.8, 4) is 0 Å². The summed E-state index contributed by atoms with van der Waals surface area (Å²) in [5, 5.41) is 4.61. The van der Waals surface area contributed by atoms with E-state index in [1.807, 2.05) is 24.3 Å². The van der Waals surface area contributed by atoms with Crippen LogP contribution in [0.15, 0.2) is 33.7 Å². The van der Waals surface area contributed by atoms with E-state index >= 15 is 0 Å². The molecule has 0 bridgehead atoms. The molecule has 0 spiro atoms. The minimum atomic E-state index is 0.520. The third-order valence-corrected chi connectivity index (χ3v) is 3.31. The Hall–Kier alpha value is -1.04. The average molecular weight is 270 g/mol. The predicted molar refractivity (Wildman–Crippen MR) is 68.1 cm³/mol. The van der Waals surface area contributed by atoms with Crippen LogP contribution in [0.1, 0.15) is 11.7 Å². The molecule has 0 aliphatic heterocycles. The molecular formula is C11H12ClN3OS. The van der Waals surface area contributed by atoms with Gasteiger partial charge in [-0.05, 0) is 24.3 Å². The first kappa shape index (κ1) is 12.4. The second-order valence-corrected chi connectivity index (χ2v) is 4.87. The molecule has 0 radical (unpaired) electrons. The summed E-state index contributed by atoms with van der Waals surface area (Å²) in [6.07, 6.45) is 0.624. The zero-order chi connectivity index (χ0) is 12.1. The van der Waals surface area contributed by atoms with E-state index in [-0.39, 0.29) is 0 Å². The molecule has 0 aliphatic carbocycles. The predicted octanol–water partition coefficient (Wildman–Crippen LogP) is 2.52. The zero-order valence-electron chi connectivity index (χ0n) is 9.10. The van der Waals surface area contributed by atoms with Gasteiger partial charge in [0.05, 0.1) is 5.75 Å². The average Bonchev–Trinajstić information content (AvgIpc) is 2.77. The molecule has 0 aliphatic rings. The van der Waals surface area contributed by atoms with Crippen LogP contribution in [0.3, 0.4) is 0 Å². The molecule has 90 valence electrons. The van der Waals surface area contributed by atoms with E-state index in [0.717, 1.165) is 9.92 Å². The van der Waals surface area contributed by atoms with E-state index in [1.54, 1.807) is 11.8 Å². The summed E-state index contributed by atoms with van der Waals surface area (Å²) in [6, 6.07) is 7.65. The van der Waals surface area contributed by atoms with Gasteiger partial charge < -0.3 is 10.3 Å². The van der Waals surface area contributed by atoms with Crippen LogP contribution in [-0.2, 0) is 12.2 Å². The summed E-state index contributed by atoms with van der Waals surface area (Å²) >= 11 is 7.44. The molecule has 2 rings (SSSR count). The van der Waals surface area contributed by atoms with Crippen molar-refractivity contribution in [1.29, 1.82) is 0 Å². The minimum absolute atomic E-state index is 0.520. The number of nitrogens with zero attached hydrogens (tertiary/aromatic N) is 2. The highest BCUT2D eigenvalue weighted by molar-refractivity contribution is 7.98. The monoisotopic (exact) mass is 269 g/mol. The molecule has 4 nitrogen and oxygen atoms in total. The van der Waals surface area contributed by atoms with Crippen molar-refractivity contribution < 1.29 is 4.52 Å². The largest absolute Gasteiger partial charge is 0.339 e. The molecule has 1 heterocycles. The van der Waals surface area contributed by atoms with E-state index in [4.69, 9.17) is 21.9 Å². The lowest BCUT2D eigenvalue weighted by Gasteiger charge is -1.97. The topological polar surface area (TPSA) is 64.9 Å². The molecule has 0 saturated heterocycles. The number of hydrogen-bond acceptors (Lipinski definition) is 5. The fourth-order valence-electron chi connectivity index (χ4n) is 1.25. The van der Waals surface area contributed by atoms with Crippen LogP contribution in [0.5, 0.6) is 0 Å². The lowest BCUT2D eigenvalue weighted by atomic mass is 10.4. The van der Waals surface area contributed by atoms with Crippen molar-refractivity contribution in [1.82, 2.24) is 10.1 Å². The van der Waals surface area contributed by atoms with Gasteiger partial charge in [-0.3, -0.25) is 0 Å². The Balaban J connectivity index is 1.90. The molecule has 0 fully saturated rings. The summed E-state index contributed by atoms with van der Waals surface area (Å²) in [7, 11) is 0. The van der Waals surface area contributed by atoms with Crippen LogP contribution in [0.25, 0.3) is 0 Å². The van der Waals surface area contributed by atoms with Crippen LogP contribution in [0.4, 0.5) is 0 Å². The van der Waals surface area contributed by atoms with E-state index in [0.29, 0.717) is 30.4 Å². The van der Waals surface area contributed by atoms with Crippen molar-refractivity contribution >= 4 is 23.4 Å². The third-order valence-electron chi connectivity index (χ3n) is 2.05. The number of nitrogens with two attached hydrogens (primary N) is 1. The smallest absolute Gasteiger partial charge is 0.227 e. The Morgan fingerprint density at radius 3 is 2.76 bits per heavy atom. The quantitative estimate of drug-likeness (QED) is 0.845. The van der Waals surface area contributed by atoms with Crippen molar-refractivity contribution in [2.45, 2.75) is 17.1 Å². The standard InChI is InChI=1S/C11H12ClN3OS/c12-8-1-3-9(4-2-8)17-7-10-14-11(5-6-13)16-15-10/h1-4H,5-7,13H2. The summed E-state index contributed by atoms with van der Waals surface area (Å²) in [4.78, 5) is 5.35. The molecule has 2 aromatic rings. The van der Waals surface area contributed by atoms with Crippen LogP contribution in [0, 0.1) is 0 Å². The fourth-order valence-corrected chi connectivity index (χ4v) is 2.12. The van der Waals surface area contributed by atoms with Gasteiger partial charge in [-0.1, -0.05) is 16.8 Å². The maximum Gasteiger partial charge on any atom is 0.227 e. The first-order valence-electron chi connectivity index (χ1n) is 5.18. The number of hydrogen-bond donors (Lipinski definition) is 1. The van der Waals surface area contributed by atoms with Crippen LogP contribution < -0.4 is 5.73 Å². The number of thioether (sulfide) groups is 1. The second kappa shape index (κ2) is 6.05. The van der Waals surface area contributed by atoms with Gasteiger partial charge in [0.25, 0.3) is 0 Å². The highest BCUT2D eigenvalue weighted by Gasteiger charge is 2.05. The van der Waals surface area contributed by atoms with Gasteiger partial charge in [-0.25, -0.2) is 0 Å². The summed E-state index contributed by atoms with van der Waals surface area (Å²) < 4.78 is 5.04. The van der Waals surface area contributed by atoms with E-state index in [1.165, 1.54) is 0 Å². The zero-order valence-corrected chi connectivity index (χ0v) is 10.7. The SMILES string of the molecule is NCCc1nc(CSc2ccc(Cl)cc2)no1. The fraction of sp³-hybridized carbons (Fsp3) is 0.273. The van der Waals surface area contributed by atoms with Crippen molar-refractivity contribution in [3.63, 3.8) is 0 Å². The first-order valence-corrected chi connectivity index (χ1v) is 6.54. The highest BCUT2D eigenvalue weighted by atomic mass is 35.5. The molecule has 17 heavy (non-hydrogen) atoms. The lowest BCUT2D eigenvalue weighted by Crippen LogP contribution is -2.02. The summed E-state index contributed by atoms with van der Waals surface area (Å²) in [6.45, 7) is 0.520. The van der Waals surface area contributed by atoms with Gasteiger partial charge in [-0.15, -0.1) is 11.8 Å². The van der Waals surface area contributed by atoms with Gasteiger partial charge >= 0.3 is 0 Å². The Morgan fingerprint density at radius 1 is 1.29 bits per heavy atom. The molecular weight excluding hydrogens is 258 g/mol. The first-order chi connectivity index (χ1) is 8.28. The van der Waals surface area contributed by atoms with E-state index in [2.05, 4.69) is 10.1 Å². The van der Waals surface area contributed by atoms with E-state index in [9.17, 15) is 0 Å². The van der Waals surface area contributed by atoms with Crippen molar-refractivity contribution in [3.05, 3.63) is 41.0 Å². The van der Waals surface area contributed by atoms with Crippen LogP contribution in [0.2, 0.25) is 5.02 Å². The molecule has 1 aromatic heterocycles. The van der Waals surface area contributed by atoms with Gasteiger partial charge in [0, 0.05) is 22.9 Å². The summed E-state index contributed by atoms with van der Waals surface area (Å²) in [5.74, 6) is 1.96.